The molecule has 1 aromatic heterocycles. The molecule has 1 unspecified atom stereocenters. The van der Waals surface area contributed by atoms with Crippen LogP contribution in [0.15, 0.2) is 72.0 Å². The molecule has 160 valence electrons. The topological polar surface area (TPSA) is 74.5 Å². The Balaban J connectivity index is 0.00000320. The van der Waals surface area contributed by atoms with E-state index in [4.69, 9.17) is 0 Å². The number of nitrogens with one attached hydrogen (secondary N) is 2. The van der Waals surface area contributed by atoms with Crippen LogP contribution in [-0.2, 0) is 6.42 Å². The van der Waals surface area contributed by atoms with Gasteiger partial charge >= 0.3 is 0 Å². The zero-order valence-electron chi connectivity index (χ0n) is 16.8. The third-order valence-corrected chi connectivity index (χ3v) is 4.43. The number of nitrogens with zero attached hydrogens (tertiary/aromatic N) is 3. The maximum absolute atomic E-state index is 13.0. The summed E-state index contributed by atoms with van der Waals surface area (Å²) < 4.78 is 14.8. The fourth-order valence-corrected chi connectivity index (χ4v) is 2.87. The van der Waals surface area contributed by atoms with Crippen LogP contribution < -0.4 is 10.6 Å². The maximum Gasteiger partial charge on any atom is 0.191 e. The first-order chi connectivity index (χ1) is 14.2. The summed E-state index contributed by atoms with van der Waals surface area (Å²) in [4.78, 5) is 4.43. The first-order valence-corrected chi connectivity index (χ1v) is 9.70. The highest BCUT2D eigenvalue weighted by Gasteiger charge is 2.08. The fourth-order valence-electron chi connectivity index (χ4n) is 2.87. The van der Waals surface area contributed by atoms with Crippen LogP contribution in [0.4, 0.5) is 4.39 Å². The molecular formula is C22H27FIN5O. The lowest BCUT2D eigenvalue weighted by molar-refractivity contribution is 0.187. The van der Waals surface area contributed by atoms with Crippen LogP contribution in [0.5, 0.6) is 0 Å². The van der Waals surface area contributed by atoms with Gasteiger partial charge in [-0.1, -0.05) is 24.3 Å². The molecule has 1 heterocycles. The molecule has 0 aliphatic carbocycles. The first-order valence-electron chi connectivity index (χ1n) is 9.70. The summed E-state index contributed by atoms with van der Waals surface area (Å²) in [5.74, 6) is 0.318. The molecule has 8 heteroatoms. The van der Waals surface area contributed by atoms with Crippen molar-refractivity contribution in [3.05, 3.63) is 83.9 Å². The van der Waals surface area contributed by atoms with Crippen LogP contribution in [0.1, 0.15) is 24.2 Å². The Morgan fingerprint density at radius 1 is 1.13 bits per heavy atom. The van der Waals surface area contributed by atoms with Gasteiger partial charge in [0, 0.05) is 25.5 Å². The van der Waals surface area contributed by atoms with Crippen molar-refractivity contribution in [3.8, 4) is 5.69 Å². The lowest BCUT2D eigenvalue weighted by Crippen LogP contribution is -2.38. The molecule has 3 aromatic rings. The van der Waals surface area contributed by atoms with Crippen molar-refractivity contribution in [2.45, 2.75) is 19.4 Å². The lowest BCUT2D eigenvalue weighted by Gasteiger charge is -2.13. The summed E-state index contributed by atoms with van der Waals surface area (Å²) in [6.07, 6.45) is 3.73. The van der Waals surface area contributed by atoms with Gasteiger partial charge < -0.3 is 15.7 Å². The number of halogens is 2. The van der Waals surface area contributed by atoms with Gasteiger partial charge in [0.15, 0.2) is 5.96 Å². The minimum atomic E-state index is -0.777. The Labute approximate surface area is 193 Å². The van der Waals surface area contributed by atoms with E-state index in [1.54, 1.807) is 18.3 Å². The molecular weight excluding hydrogens is 496 g/mol. The molecule has 0 saturated heterocycles. The van der Waals surface area contributed by atoms with Crippen molar-refractivity contribution in [1.82, 2.24) is 20.4 Å². The number of aliphatic hydroxyl groups excluding tert-OH is 1. The predicted molar refractivity (Wildman–Crippen MR) is 128 cm³/mol. The first kappa shape index (κ1) is 23.8. The van der Waals surface area contributed by atoms with E-state index in [9.17, 15) is 9.50 Å². The predicted octanol–water partition coefficient (Wildman–Crippen LogP) is 3.46. The van der Waals surface area contributed by atoms with Gasteiger partial charge in [-0.3, -0.25) is 4.99 Å². The van der Waals surface area contributed by atoms with Gasteiger partial charge in [0.2, 0.25) is 0 Å². The molecule has 1 atom stereocenters. The molecule has 3 N–H and O–H groups in total. The molecule has 0 bridgehead atoms. The van der Waals surface area contributed by atoms with Crippen molar-refractivity contribution in [2.24, 2.45) is 4.99 Å². The van der Waals surface area contributed by atoms with Crippen molar-refractivity contribution >= 4 is 29.9 Å². The number of rotatable bonds is 8. The summed E-state index contributed by atoms with van der Waals surface area (Å²) in [5.41, 5.74) is 2.87. The number of aromatic nitrogens is 2. The molecule has 6 nitrogen and oxygen atoms in total. The molecule has 0 saturated carbocycles. The second kappa shape index (κ2) is 12.3. The Morgan fingerprint density at radius 3 is 2.50 bits per heavy atom. The number of guanidine groups is 1. The van der Waals surface area contributed by atoms with Crippen LogP contribution in [0.25, 0.3) is 5.69 Å². The average molecular weight is 523 g/mol. The smallest absolute Gasteiger partial charge is 0.191 e. The SMILES string of the molecule is CCNC(=NCC(O)c1ccc(F)cc1)NCCc1ccc(-n2cccn2)cc1.I. The van der Waals surface area contributed by atoms with E-state index in [2.05, 4.69) is 32.9 Å². The molecule has 0 aliphatic rings. The van der Waals surface area contributed by atoms with Gasteiger partial charge in [-0.15, -0.1) is 24.0 Å². The second-order valence-electron chi connectivity index (χ2n) is 6.58. The zero-order chi connectivity index (χ0) is 20.5. The monoisotopic (exact) mass is 523 g/mol. The van der Waals surface area contributed by atoms with E-state index in [-0.39, 0.29) is 36.3 Å². The van der Waals surface area contributed by atoms with Crippen LogP contribution in [-0.4, -0.2) is 40.5 Å². The van der Waals surface area contributed by atoms with Crippen molar-refractivity contribution in [3.63, 3.8) is 0 Å². The quantitative estimate of drug-likeness (QED) is 0.240. The van der Waals surface area contributed by atoms with Crippen LogP contribution in [0.3, 0.4) is 0 Å². The largest absolute Gasteiger partial charge is 0.386 e. The Kier molecular flexibility index (Phi) is 9.75. The highest BCUT2D eigenvalue weighted by Crippen LogP contribution is 2.13. The highest BCUT2D eigenvalue weighted by atomic mass is 127. The van der Waals surface area contributed by atoms with E-state index in [1.165, 1.54) is 17.7 Å². The minimum Gasteiger partial charge on any atom is -0.386 e. The van der Waals surface area contributed by atoms with Gasteiger partial charge in [0.1, 0.15) is 5.82 Å². The highest BCUT2D eigenvalue weighted by molar-refractivity contribution is 14.0. The number of aliphatic imine (C=N–C) groups is 1. The number of benzene rings is 2. The summed E-state index contributed by atoms with van der Waals surface area (Å²) in [6, 6.07) is 16.0. The molecule has 0 spiro atoms. The van der Waals surface area contributed by atoms with Gasteiger partial charge in [0.05, 0.1) is 18.3 Å². The van der Waals surface area contributed by atoms with Crippen molar-refractivity contribution < 1.29 is 9.50 Å². The Morgan fingerprint density at radius 2 is 1.87 bits per heavy atom. The number of aliphatic hydroxyl groups is 1. The average Bonchev–Trinajstić information content (AvgIpc) is 3.28. The zero-order valence-corrected chi connectivity index (χ0v) is 19.2. The molecule has 3 rings (SSSR count). The summed E-state index contributed by atoms with van der Waals surface area (Å²) in [5, 5.41) is 20.9. The van der Waals surface area contributed by atoms with Crippen molar-refractivity contribution in [1.29, 1.82) is 0 Å². The third-order valence-electron chi connectivity index (χ3n) is 4.43. The van der Waals surface area contributed by atoms with E-state index < -0.39 is 6.10 Å². The number of hydrogen-bond acceptors (Lipinski definition) is 3. The normalized spacial score (nSPS) is 12.2. The number of hydrogen-bond donors (Lipinski definition) is 3. The van der Waals surface area contributed by atoms with Gasteiger partial charge in [0.25, 0.3) is 0 Å². The second-order valence-corrected chi connectivity index (χ2v) is 6.58. The summed E-state index contributed by atoms with van der Waals surface area (Å²) in [7, 11) is 0. The molecule has 2 aromatic carbocycles. The summed E-state index contributed by atoms with van der Waals surface area (Å²) >= 11 is 0. The molecule has 0 aliphatic heterocycles. The molecule has 0 fully saturated rings. The van der Waals surface area contributed by atoms with Gasteiger partial charge in [-0.2, -0.15) is 5.10 Å². The van der Waals surface area contributed by atoms with E-state index in [0.717, 1.165) is 18.7 Å². The maximum atomic E-state index is 13.0. The molecule has 30 heavy (non-hydrogen) atoms. The van der Waals surface area contributed by atoms with E-state index in [1.807, 2.05) is 36.0 Å². The molecule has 0 amide bonds. The van der Waals surface area contributed by atoms with E-state index in [0.29, 0.717) is 18.1 Å². The standard InChI is InChI=1S/C22H26FN5O.HI/c1-2-24-22(26-16-21(29)18-6-8-19(23)9-7-18)25-14-12-17-4-10-20(11-5-17)28-15-3-13-27-28;/h3-11,13,15,21,29H,2,12,14,16H2,1H3,(H2,24,25,26);1H. The van der Waals surface area contributed by atoms with Gasteiger partial charge in [-0.05, 0) is 54.8 Å². The van der Waals surface area contributed by atoms with Crippen LogP contribution >= 0.6 is 24.0 Å². The third kappa shape index (κ3) is 7.10. The van der Waals surface area contributed by atoms with Crippen LogP contribution in [0, 0.1) is 5.82 Å². The van der Waals surface area contributed by atoms with E-state index >= 15 is 0 Å². The molecule has 0 radical (unpaired) electrons. The van der Waals surface area contributed by atoms with Crippen LogP contribution in [0.2, 0.25) is 0 Å². The Hall–Kier alpha value is -2.46. The lowest BCUT2D eigenvalue weighted by atomic mass is 10.1. The summed E-state index contributed by atoms with van der Waals surface area (Å²) in [6.45, 7) is 3.61. The fraction of sp³-hybridized carbons (Fsp3) is 0.273. The Bertz CT molecular complexity index is 898. The van der Waals surface area contributed by atoms with Crippen molar-refractivity contribution in [2.75, 3.05) is 19.6 Å². The van der Waals surface area contributed by atoms with Gasteiger partial charge in [-0.25, -0.2) is 9.07 Å². The minimum absolute atomic E-state index is 0.